The van der Waals surface area contributed by atoms with E-state index in [9.17, 15) is 18.0 Å². The van der Waals surface area contributed by atoms with Crippen molar-refractivity contribution in [1.82, 2.24) is 34.3 Å². The summed E-state index contributed by atoms with van der Waals surface area (Å²) in [6, 6.07) is 52.4. The van der Waals surface area contributed by atoms with Crippen molar-refractivity contribution in [2.24, 2.45) is 0 Å². The van der Waals surface area contributed by atoms with Gasteiger partial charge in [-0.05, 0) is 86.0 Å². The summed E-state index contributed by atoms with van der Waals surface area (Å²) in [7, 11) is 0. The van der Waals surface area contributed by atoms with Crippen LogP contribution in [0.15, 0.2) is 175 Å². The van der Waals surface area contributed by atoms with E-state index in [0.29, 0.717) is 28.8 Å². The minimum atomic E-state index is -4.48. The average Bonchev–Trinajstić information content (AvgIpc) is 4.06. The van der Waals surface area contributed by atoms with Crippen LogP contribution in [0.3, 0.4) is 0 Å². The number of hydrogen-bond donors (Lipinski definition) is 0. The zero-order valence-corrected chi connectivity index (χ0v) is 33.7. The molecule has 6 aromatic carbocycles. The number of halogens is 3. The molecule has 0 N–H and O–H groups in total. The number of nitrogens with zero attached hydrogens (tertiary/aromatic N) is 7. The van der Waals surface area contributed by atoms with E-state index in [1.165, 1.54) is 16.2 Å². The fourth-order valence-corrected chi connectivity index (χ4v) is 9.39. The average molecular weight is 824 g/mol. The first-order valence-electron chi connectivity index (χ1n) is 20.7. The van der Waals surface area contributed by atoms with Crippen LogP contribution in [-0.2, 0) is 31.1 Å². The minimum absolute atomic E-state index is 0.00179. The van der Waals surface area contributed by atoms with Crippen LogP contribution in [-0.4, -0.2) is 34.3 Å². The molecule has 62 heavy (non-hydrogen) atoms. The number of alkyl halides is 3. The van der Waals surface area contributed by atoms with Gasteiger partial charge in [0.25, 0.3) is 5.56 Å². The Balaban J connectivity index is 1.06. The lowest BCUT2D eigenvalue weighted by Gasteiger charge is -2.36. The molecular formula is C51H40F3N7O. The van der Waals surface area contributed by atoms with Gasteiger partial charge < -0.3 is 9.13 Å². The molecule has 0 saturated heterocycles. The van der Waals surface area contributed by atoms with Crippen LogP contribution in [0.25, 0.3) is 33.5 Å². The number of tetrazole rings is 1. The molecule has 11 heteroatoms. The zero-order valence-electron chi connectivity index (χ0n) is 33.7. The molecule has 9 aromatic rings. The van der Waals surface area contributed by atoms with E-state index in [-0.39, 0.29) is 18.1 Å². The van der Waals surface area contributed by atoms with Crippen molar-refractivity contribution in [2.45, 2.75) is 50.5 Å². The van der Waals surface area contributed by atoms with Crippen LogP contribution in [0, 0.1) is 0 Å². The lowest BCUT2D eigenvalue weighted by molar-refractivity contribution is -0.137. The van der Waals surface area contributed by atoms with Gasteiger partial charge in [-0.25, -0.2) is 9.67 Å². The summed E-state index contributed by atoms with van der Waals surface area (Å²) in [4.78, 5) is 19.1. The summed E-state index contributed by atoms with van der Waals surface area (Å²) < 4.78 is 46.1. The van der Waals surface area contributed by atoms with Crippen molar-refractivity contribution in [3.63, 3.8) is 0 Å². The molecule has 3 aromatic heterocycles. The third-order valence-corrected chi connectivity index (χ3v) is 12.2. The molecule has 0 bridgehead atoms. The highest BCUT2D eigenvalue weighted by Gasteiger charge is 2.42. The van der Waals surface area contributed by atoms with Crippen molar-refractivity contribution >= 4 is 11.0 Å². The molecule has 1 aliphatic carbocycles. The third kappa shape index (κ3) is 6.52. The van der Waals surface area contributed by atoms with E-state index in [1.54, 1.807) is 18.3 Å². The molecule has 0 fully saturated rings. The van der Waals surface area contributed by atoms with Gasteiger partial charge in [0.15, 0.2) is 5.82 Å². The fraction of sp³-hybridized carbons (Fsp3) is 0.157. The maximum absolute atomic E-state index is 14.3. The lowest BCUT2D eigenvalue weighted by atomic mass is 9.77. The Morgan fingerprint density at radius 3 is 1.97 bits per heavy atom. The van der Waals surface area contributed by atoms with Crippen LogP contribution in [0.2, 0.25) is 0 Å². The number of benzene rings is 6. The van der Waals surface area contributed by atoms with Crippen molar-refractivity contribution in [1.29, 1.82) is 0 Å². The Kier molecular flexibility index (Phi) is 9.74. The van der Waals surface area contributed by atoms with Crippen LogP contribution in [0.1, 0.15) is 64.2 Å². The Bertz CT molecular complexity index is 3020. The number of fused-ring (bicyclic) bond motifs is 2. The van der Waals surface area contributed by atoms with E-state index >= 15 is 0 Å². The van der Waals surface area contributed by atoms with E-state index in [0.717, 1.165) is 69.7 Å². The van der Waals surface area contributed by atoms with Gasteiger partial charge in [0.1, 0.15) is 16.9 Å². The first kappa shape index (κ1) is 38.8. The second-order valence-electron chi connectivity index (χ2n) is 15.7. The van der Waals surface area contributed by atoms with E-state index in [2.05, 4.69) is 76.5 Å². The van der Waals surface area contributed by atoms with Gasteiger partial charge in [-0.2, -0.15) is 13.2 Å². The van der Waals surface area contributed by atoms with Crippen LogP contribution >= 0.6 is 0 Å². The lowest BCUT2D eigenvalue weighted by Crippen LogP contribution is -2.39. The van der Waals surface area contributed by atoms with Crippen LogP contribution in [0.4, 0.5) is 13.2 Å². The fourth-order valence-electron chi connectivity index (χ4n) is 9.39. The molecule has 1 aliphatic rings. The molecule has 8 nitrogen and oxygen atoms in total. The normalized spacial score (nSPS) is 14.0. The molecule has 0 unspecified atom stereocenters. The summed E-state index contributed by atoms with van der Waals surface area (Å²) in [5, 5.41) is 13.9. The van der Waals surface area contributed by atoms with Gasteiger partial charge in [-0.1, -0.05) is 153 Å². The monoisotopic (exact) mass is 823 g/mol. The first-order chi connectivity index (χ1) is 30.3. The second kappa shape index (κ2) is 15.6. The number of hydrogen-bond acceptors (Lipinski definition) is 5. The molecule has 1 atom stereocenters. The minimum Gasteiger partial charge on any atom is -0.316 e. The molecule has 3 heterocycles. The van der Waals surface area contributed by atoms with Gasteiger partial charge in [-0.3, -0.25) is 4.79 Å². The quantitative estimate of drug-likeness (QED) is 0.128. The predicted molar refractivity (Wildman–Crippen MR) is 234 cm³/mol. The Morgan fingerprint density at radius 1 is 0.694 bits per heavy atom. The standard InChI is InChI=1S/C51H40F3N7O/c1-2-46-55-44-29-30-59(33-34-15-14-22-40(31-34)51(52,53)54)49(62)47(44)60(46)45-28-26-36-32-35(25-27-42(36)45)41-23-12-13-24-43(41)48-56-57-58-61(48)50(37-16-6-3-7-17-37,38-18-8-4-9-19-38)39-20-10-5-11-21-39/h3-25,27,29-32,45H,2,26,28,33H2,1H3/t45-/m0/s1. The number of imidazole rings is 1. The zero-order chi connectivity index (χ0) is 42.4. The van der Waals surface area contributed by atoms with E-state index in [4.69, 9.17) is 15.3 Å². The van der Waals surface area contributed by atoms with Crippen molar-refractivity contribution in [3.8, 4) is 22.5 Å². The molecule has 10 rings (SSSR count). The van der Waals surface area contributed by atoms with Crippen LogP contribution in [0.5, 0.6) is 0 Å². The number of pyridine rings is 1. The Morgan fingerprint density at radius 2 is 1.32 bits per heavy atom. The molecule has 0 saturated carbocycles. The molecule has 0 aliphatic heterocycles. The van der Waals surface area contributed by atoms with Gasteiger partial charge >= 0.3 is 6.18 Å². The van der Waals surface area contributed by atoms with Gasteiger partial charge in [0.2, 0.25) is 0 Å². The molecule has 0 radical (unpaired) electrons. The van der Waals surface area contributed by atoms with Crippen LogP contribution < -0.4 is 5.56 Å². The summed E-state index contributed by atoms with van der Waals surface area (Å²) in [5.74, 6) is 1.39. The predicted octanol–water partition coefficient (Wildman–Crippen LogP) is 10.5. The summed E-state index contributed by atoms with van der Waals surface area (Å²) in [5.41, 5.74) is 7.60. The van der Waals surface area contributed by atoms with Gasteiger partial charge in [0.05, 0.1) is 23.7 Å². The second-order valence-corrected chi connectivity index (χ2v) is 15.7. The van der Waals surface area contributed by atoms with E-state index in [1.807, 2.05) is 78.3 Å². The highest BCUT2D eigenvalue weighted by molar-refractivity contribution is 5.82. The van der Waals surface area contributed by atoms with Gasteiger partial charge in [0, 0.05) is 18.2 Å². The number of aryl methyl sites for hydroxylation is 2. The largest absolute Gasteiger partial charge is 0.416 e. The molecule has 306 valence electrons. The summed E-state index contributed by atoms with van der Waals surface area (Å²) in [6.07, 6.45) is -0.723. The number of rotatable bonds is 10. The maximum Gasteiger partial charge on any atom is 0.416 e. The highest BCUT2D eigenvalue weighted by atomic mass is 19.4. The van der Waals surface area contributed by atoms with E-state index < -0.39 is 17.3 Å². The molecule has 0 spiro atoms. The maximum atomic E-state index is 14.3. The van der Waals surface area contributed by atoms with Crippen molar-refractivity contribution < 1.29 is 13.2 Å². The summed E-state index contributed by atoms with van der Waals surface area (Å²) >= 11 is 0. The highest BCUT2D eigenvalue weighted by Crippen LogP contribution is 2.45. The van der Waals surface area contributed by atoms with Gasteiger partial charge in [-0.15, -0.1) is 5.10 Å². The summed E-state index contributed by atoms with van der Waals surface area (Å²) in [6.45, 7) is 2.02. The smallest absolute Gasteiger partial charge is 0.316 e. The first-order valence-corrected chi connectivity index (χ1v) is 20.7. The topological polar surface area (TPSA) is 83.4 Å². The molecule has 0 amide bonds. The third-order valence-electron chi connectivity index (χ3n) is 12.2. The van der Waals surface area contributed by atoms with Crippen molar-refractivity contribution in [3.05, 3.63) is 225 Å². The van der Waals surface area contributed by atoms with Crippen molar-refractivity contribution in [2.75, 3.05) is 0 Å². The Labute approximate surface area is 355 Å². The molecular weight excluding hydrogens is 784 g/mol. The SMILES string of the molecule is CCc1nc2ccn(Cc3cccc(C(F)(F)F)c3)c(=O)c2n1[C@H]1CCc2cc(-c3ccccc3-c3nnnn3C(c3ccccc3)(c3ccccc3)c3ccccc3)ccc21. The Hall–Kier alpha value is -7.40. The number of aromatic nitrogens is 7.